The van der Waals surface area contributed by atoms with Crippen LogP contribution in [0.4, 0.5) is 0 Å². The monoisotopic (exact) mass is 321 g/mol. The SMILES string of the molecule is Cc1ccccc1[P](O)(c1ccccc1C)c1ccccc1C. The van der Waals surface area contributed by atoms with Gasteiger partial charge in [-0.05, 0) is 37.5 Å². The molecule has 2 heteroatoms. The van der Waals surface area contributed by atoms with Crippen LogP contribution in [0.1, 0.15) is 16.7 Å². The molecule has 3 aromatic rings. The first kappa shape index (κ1) is 15.9. The van der Waals surface area contributed by atoms with E-state index in [2.05, 4.69) is 57.2 Å². The van der Waals surface area contributed by atoms with E-state index in [4.69, 9.17) is 0 Å². The Labute approximate surface area is 139 Å². The number of aryl methyl sites for hydroxylation is 3. The molecule has 0 heterocycles. The van der Waals surface area contributed by atoms with Crippen LogP contribution >= 0.6 is 7.49 Å². The highest BCUT2D eigenvalue weighted by molar-refractivity contribution is 7.91. The summed E-state index contributed by atoms with van der Waals surface area (Å²) in [7, 11) is -2.64. The second kappa shape index (κ2) is 6.28. The quantitative estimate of drug-likeness (QED) is 0.727. The Kier molecular flexibility index (Phi) is 4.35. The lowest BCUT2D eigenvalue weighted by Gasteiger charge is -2.35. The molecule has 1 radical (unpaired) electrons. The highest BCUT2D eigenvalue weighted by atomic mass is 31.2. The van der Waals surface area contributed by atoms with E-state index in [-0.39, 0.29) is 0 Å². The maximum Gasteiger partial charge on any atom is 0.0674 e. The summed E-state index contributed by atoms with van der Waals surface area (Å²) in [6.07, 6.45) is 0. The minimum Gasteiger partial charge on any atom is -0.366 e. The van der Waals surface area contributed by atoms with Gasteiger partial charge >= 0.3 is 0 Å². The predicted octanol–water partition coefficient (Wildman–Crippen LogP) is 3.81. The fourth-order valence-electron chi connectivity index (χ4n) is 3.17. The number of hydrogen-bond acceptors (Lipinski definition) is 1. The molecule has 0 bridgehead atoms. The molecule has 0 unspecified atom stereocenters. The van der Waals surface area contributed by atoms with Crippen LogP contribution in [0.5, 0.6) is 0 Å². The molecular weight excluding hydrogens is 299 g/mol. The van der Waals surface area contributed by atoms with E-state index in [0.29, 0.717) is 0 Å². The van der Waals surface area contributed by atoms with Gasteiger partial charge in [-0.15, -0.1) is 0 Å². The summed E-state index contributed by atoms with van der Waals surface area (Å²) in [6, 6.07) is 24.6. The van der Waals surface area contributed by atoms with Gasteiger partial charge in [0.05, 0.1) is 7.49 Å². The molecule has 0 saturated carbocycles. The van der Waals surface area contributed by atoms with Gasteiger partial charge in [-0.2, -0.15) is 0 Å². The van der Waals surface area contributed by atoms with E-state index in [1.54, 1.807) is 0 Å². The van der Waals surface area contributed by atoms with Crippen molar-refractivity contribution < 1.29 is 4.89 Å². The molecule has 0 spiro atoms. The average Bonchev–Trinajstić information content (AvgIpc) is 2.55. The summed E-state index contributed by atoms with van der Waals surface area (Å²) in [4.78, 5) is 12.1. The largest absolute Gasteiger partial charge is 0.366 e. The minimum absolute atomic E-state index is 1.05. The molecule has 0 aromatic heterocycles. The van der Waals surface area contributed by atoms with Crippen LogP contribution in [0.2, 0.25) is 0 Å². The van der Waals surface area contributed by atoms with Crippen molar-refractivity contribution in [2.24, 2.45) is 0 Å². The Morgan fingerprint density at radius 1 is 0.522 bits per heavy atom. The average molecular weight is 321 g/mol. The third kappa shape index (κ3) is 2.72. The van der Waals surface area contributed by atoms with Crippen LogP contribution < -0.4 is 15.9 Å². The van der Waals surface area contributed by atoms with Gasteiger partial charge in [-0.25, -0.2) is 0 Å². The van der Waals surface area contributed by atoms with Crippen molar-refractivity contribution >= 4 is 23.4 Å². The van der Waals surface area contributed by atoms with Crippen molar-refractivity contribution in [1.82, 2.24) is 0 Å². The van der Waals surface area contributed by atoms with Crippen molar-refractivity contribution in [3.05, 3.63) is 89.5 Å². The first-order chi connectivity index (χ1) is 11.0. The van der Waals surface area contributed by atoms with Crippen molar-refractivity contribution in [3.63, 3.8) is 0 Å². The van der Waals surface area contributed by atoms with Crippen molar-refractivity contribution in [1.29, 1.82) is 0 Å². The van der Waals surface area contributed by atoms with Crippen molar-refractivity contribution in [3.8, 4) is 0 Å². The lowest BCUT2D eigenvalue weighted by molar-refractivity contribution is 0.632. The molecule has 23 heavy (non-hydrogen) atoms. The minimum atomic E-state index is -2.64. The highest BCUT2D eigenvalue weighted by Crippen LogP contribution is 2.53. The summed E-state index contributed by atoms with van der Waals surface area (Å²) in [6.45, 7) is 6.24. The molecule has 0 aliphatic heterocycles. The van der Waals surface area contributed by atoms with Crippen LogP contribution in [-0.4, -0.2) is 4.89 Å². The maximum absolute atomic E-state index is 12.1. The fourth-order valence-corrected chi connectivity index (χ4v) is 6.61. The topological polar surface area (TPSA) is 20.2 Å². The molecule has 3 rings (SSSR count). The Bertz CT molecular complexity index is 728. The fraction of sp³-hybridized carbons (Fsp3) is 0.143. The van der Waals surface area contributed by atoms with Crippen LogP contribution in [0.25, 0.3) is 0 Å². The van der Waals surface area contributed by atoms with Gasteiger partial charge in [0.2, 0.25) is 0 Å². The molecule has 117 valence electrons. The van der Waals surface area contributed by atoms with Crippen LogP contribution in [0, 0.1) is 20.8 Å². The molecule has 3 aromatic carbocycles. The Hall–Kier alpha value is -1.95. The van der Waals surface area contributed by atoms with Gasteiger partial charge in [0.1, 0.15) is 0 Å². The molecule has 1 N–H and O–H groups in total. The Morgan fingerprint density at radius 3 is 1.04 bits per heavy atom. The first-order valence-electron chi connectivity index (χ1n) is 7.85. The summed E-state index contributed by atoms with van der Waals surface area (Å²) < 4.78 is 0. The predicted molar refractivity (Wildman–Crippen MR) is 102 cm³/mol. The van der Waals surface area contributed by atoms with E-state index in [1.807, 2.05) is 36.4 Å². The molecule has 0 fully saturated rings. The zero-order chi connectivity index (χ0) is 16.4. The lowest BCUT2D eigenvalue weighted by atomic mass is 10.2. The number of rotatable bonds is 3. The molecule has 0 aliphatic rings. The molecular formula is C21H22OP. The van der Waals surface area contributed by atoms with Crippen molar-refractivity contribution in [2.75, 3.05) is 0 Å². The van der Waals surface area contributed by atoms with E-state index in [0.717, 1.165) is 32.6 Å². The van der Waals surface area contributed by atoms with E-state index in [9.17, 15) is 4.89 Å². The number of benzene rings is 3. The zero-order valence-corrected chi connectivity index (χ0v) is 14.7. The molecule has 0 atom stereocenters. The zero-order valence-electron chi connectivity index (χ0n) is 13.8. The van der Waals surface area contributed by atoms with E-state index >= 15 is 0 Å². The number of hydrogen-bond donors (Lipinski definition) is 1. The Balaban J connectivity index is 2.38. The summed E-state index contributed by atoms with van der Waals surface area (Å²) in [5, 5.41) is 3.14. The van der Waals surface area contributed by atoms with Gasteiger partial charge in [0, 0.05) is 15.9 Å². The maximum atomic E-state index is 12.1. The summed E-state index contributed by atoms with van der Waals surface area (Å²) in [5.74, 6) is 0. The van der Waals surface area contributed by atoms with Crippen LogP contribution in [-0.2, 0) is 0 Å². The lowest BCUT2D eigenvalue weighted by Crippen LogP contribution is -2.34. The first-order valence-corrected chi connectivity index (χ1v) is 9.59. The van der Waals surface area contributed by atoms with Gasteiger partial charge in [0.25, 0.3) is 0 Å². The molecule has 1 nitrogen and oxygen atoms in total. The van der Waals surface area contributed by atoms with E-state index in [1.165, 1.54) is 0 Å². The molecule has 0 saturated heterocycles. The second-order valence-corrected chi connectivity index (χ2v) is 8.71. The van der Waals surface area contributed by atoms with E-state index < -0.39 is 7.49 Å². The van der Waals surface area contributed by atoms with Gasteiger partial charge in [0.15, 0.2) is 0 Å². The summed E-state index contributed by atoms with van der Waals surface area (Å²) in [5.41, 5.74) is 3.40. The van der Waals surface area contributed by atoms with Gasteiger partial charge in [-0.1, -0.05) is 72.8 Å². The standard InChI is InChI=1S/C21H22OP/c1-16-10-4-7-13-19(16)23(22,20-14-8-5-11-17(20)2)21-15-9-6-12-18(21)3/h4-15,22H,1-3H3. The van der Waals surface area contributed by atoms with Crippen molar-refractivity contribution in [2.45, 2.75) is 20.8 Å². The van der Waals surface area contributed by atoms with Gasteiger partial charge in [-0.3, -0.25) is 0 Å². The third-order valence-corrected chi connectivity index (χ3v) is 7.99. The smallest absolute Gasteiger partial charge is 0.0674 e. The molecule has 0 amide bonds. The van der Waals surface area contributed by atoms with Gasteiger partial charge < -0.3 is 4.89 Å². The van der Waals surface area contributed by atoms with Crippen LogP contribution in [0.15, 0.2) is 72.8 Å². The van der Waals surface area contributed by atoms with Crippen LogP contribution in [0.3, 0.4) is 0 Å². The third-order valence-electron chi connectivity index (χ3n) is 4.39. The summed E-state index contributed by atoms with van der Waals surface area (Å²) >= 11 is 0. The Morgan fingerprint density at radius 2 is 0.783 bits per heavy atom. The second-order valence-electron chi connectivity index (χ2n) is 5.99. The molecule has 0 aliphatic carbocycles. The highest BCUT2D eigenvalue weighted by Gasteiger charge is 2.35. The normalized spacial score (nSPS) is 11.5.